The standard InChI is InChI=1S/C3F10N2/c4-1(5,2(6,7)14(10)11)3(8,9)15(12)13. The molecule has 92 valence electrons. The summed E-state index contributed by atoms with van der Waals surface area (Å²) in [5.41, 5.74) is 0. The van der Waals surface area contributed by atoms with Gasteiger partial charge in [0.05, 0.1) is 10.7 Å². The van der Waals surface area contributed by atoms with Crippen LogP contribution in [0.15, 0.2) is 0 Å². The van der Waals surface area contributed by atoms with E-state index in [1.54, 1.807) is 0 Å². The average Bonchev–Trinajstić information content (AvgIpc) is 2.02. The van der Waals surface area contributed by atoms with Crippen molar-refractivity contribution < 1.29 is 44.3 Å². The van der Waals surface area contributed by atoms with Crippen LogP contribution < -0.4 is 0 Å². The van der Waals surface area contributed by atoms with E-state index in [1.165, 1.54) is 0 Å². The lowest BCUT2D eigenvalue weighted by Gasteiger charge is -2.31. The summed E-state index contributed by atoms with van der Waals surface area (Å²) in [6, 6.07) is -13.5. The van der Waals surface area contributed by atoms with Gasteiger partial charge in [-0.25, -0.2) is 0 Å². The van der Waals surface area contributed by atoms with Gasteiger partial charge in [-0.3, -0.25) is 0 Å². The van der Waals surface area contributed by atoms with Crippen molar-refractivity contribution in [3.8, 4) is 0 Å². The Bertz CT molecular complexity index is 201. The summed E-state index contributed by atoms with van der Waals surface area (Å²) >= 11 is 0. The molecule has 0 heterocycles. The van der Waals surface area contributed by atoms with Crippen molar-refractivity contribution in [2.75, 3.05) is 0 Å². The average molecular weight is 254 g/mol. The predicted molar refractivity (Wildman–Crippen MR) is 23.0 cm³/mol. The van der Waals surface area contributed by atoms with Crippen molar-refractivity contribution in [3.63, 3.8) is 0 Å². The molecule has 2 nitrogen and oxygen atoms in total. The number of halogens is 10. The maximum absolute atomic E-state index is 11.9. The Balaban J connectivity index is 5.30. The van der Waals surface area contributed by atoms with Gasteiger partial charge in [-0.15, -0.1) is 0 Å². The quantitative estimate of drug-likeness (QED) is 0.432. The van der Waals surface area contributed by atoms with E-state index in [0.717, 1.165) is 0 Å². The minimum absolute atomic E-state index is 3.58. The van der Waals surface area contributed by atoms with Gasteiger partial charge in [0, 0.05) is 0 Å². The smallest absolute Gasteiger partial charge is 0.189 e. The molecule has 0 amide bonds. The number of alkyl halides is 6. The molecule has 0 saturated heterocycles. The van der Waals surface area contributed by atoms with Gasteiger partial charge in [0.1, 0.15) is 0 Å². The van der Waals surface area contributed by atoms with Gasteiger partial charge < -0.3 is 0 Å². The zero-order chi connectivity index (χ0) is 12.7. The summed E-state index contributed by atoms with van der Waals surface area (Å²) in [5.74, 6) is -6.98. The Morgan fingerprint density at radius 1 is 0.533 bits per heavy atom. The predicted octanol–water partition coefficient (Wildman–Crippen LogP) is 2.95. The van der Waals surface area contributed by atoms with Crippen LogP contribution in [0.25, 0.3) is 0 Å². The fourth-order valence-electron chi connectivity index (χ4n) is 0.393. The second-order valence-electron chi connectivity index (χ2n) is 2.12. The fourth-order valence-corrected chi connectivity index (χ4v) is 0.393. The highest BCUT2D eigenvalue weighted by Crippen LogP contribution is 2.49. The molecule has 0 aromatic heterocycles. The third-order valence-electron chi connectivity index (χ3n) is 1.18. The van der Waals surface area contributed by atoms with E-state index in [1.807, 2.05) is 0 Å². The van der Waals surface area contributed by atoms with Crippen molar-refractivity contribution in [1.29, 1.82) is 0 Å². The lowest BCUT2D eigenvalue weighted by molar-refractivity contribution is -0.483. The Labute approximate surface area is 74.4 Å². The van der Waals surface area contributed by atoms with E-state index in [2.05, 4.69) is 0 Å². The van der Waals surface area contributed by atoms with Gasteiger partial charge in [-0.05, 0) is 0 Å². The Hall–Kier alpha value is -0.780. The lowest BCUT2D eigenvalue weighted by atomic mass is 10.2. The van der Waals surface area contributed by atoms with Gasteiger partial charge in [-0.1, -0.05) is 17.9 Å². The molecule has 0 aliphatic heterocycles. The van der Waals surface area contributed by atoms with E-state index in [9.17, 15) is 44.3 Å². The summed E-state index contributed by atoms with van der Waals surface area (Å²) in [6.45, 7) is 0. The normalized spacial score (nSPS) is 15.2. The molecule has 0 atom stereocenters. The van der Waals surface area contributed by atoms with Gasteiger partial charge in [-0.2, -0.15) is 26.3 Å². The van der Waals surface area contributed by atoms with Crippen LogP contribution in [0.3, 0.4) is 0 Å². The molecule has 0 aromatic carbocycles. The molecule has 0 bridgehead atoms. The van der Waals surface area contributed by atoms with E-state index < -0.39 is 28.7 Å². The first kappa shape index (κ1) is 14.2. The monoisotopic (exact) mass is 254 g/mol. The minimum Gasteiger partial charge on any atom is -0.189 e. The SMILES string of the molecule is FN(F)C(F)(F)C(F)(F)C(F)(F)N(F)F. The van der Waals surface area contributed by atoms with Gasteiger partial charge in [0.15, 0.2) is 0 Å². The molecule has 0 fully saturated rings. The highest BCUT2D eigenvalue weighted by molar-refractivity contribution is 4.89. The molecule has 12 heteroatoms. The van der Waals surface area contributed by atoms with Crippen LogP contribution in [0.2, 0.25) is 0 Å². The van der Waals surface area contributed by atoms with Crippen LogP contribution in [0.4, 0.5) is 44.3 Å². The first-order valence-corrected chi connectivity index (χ1v) is 2.76. The molecule has 0 unspecified atom stereocenters. The van der Waals surface area contributed by atoms with Crippen LogP contribution in [-0.2, 0) is 0 Å². The van der Waals surface area contributed by atoms with Crippen molar-refractivity contribution >= 4 is 0 Å². The third-order valence-corrected chi connectivity index (χ3v) is 1.18. The van der Waals surface area contributed by atoms with E-state index in [4.69, 9.17) is 0 Å². The first-order chi connectivity index (χ1) is 6.39. The molecule has 0 rings (SSSR count). The van der Waals surface area contributed by atoms with Crippen molar-refractivity contribution in [3.05, 3.63) is 0 Å². The molecule has 0 saturated carbocycles. The topological polar surface area (TPSA) is 6.48 Å². The van der Waals surface area contributed by atoms with Crippen LogP contribution in [0.1, 0.15) is 0 Å². The molecule has 0 radical (unpaired) electrons. The van der Waals surface area contributed by atoms with Gasteiger partial charge in [0.2, 0.25) is 0 Å². The highest BCUT2D eigenvalue weighted by atomic mass is 19.4. The van der Waals surface area contributed by atoms with E-state index in [-0.39, 0.29) is 0 Å². The van der Waals surface area contributed by atoms with Crippen molar-refractivity contribution in [1.82, 2.24) is 10.7 Å². The number of nitrogens with zero attached hydrogens (tertiary/aromatic N) is 2. The molecular weight excluding hydrogens is 254 g/mol. The molecule has 0 N–H and O–H groups in total. The molecule has 0 aliphatic rings. The first-order valence-electron chi connectivity index (χ1n) is 2.76. The Morgan fingerprint density at radius 2 is 0.733 bits per heavy atom. The minimum atomic E-state index is -6.98. The van der Waals surface area contributed by atoms with E-state index in [0.29, 0.717) is 0 Å². The van der Waals surface area contributed by atoms with Crippen LogP contribution in [0, 0.1) is 0 Å². The third kappa shape index (κ3) is 1.95. The molecule has 0 spiro atoms. The van der Waals surface area contributed by atoms with Crippen LogP contribution >= 0.6 is 0 Å². The molecule has 0 aromatic rings. The zero-order valence-corrected chi connectivity index (χ0v) is 6.17. The summed E-state index contributed by atoms with van der Waals surface area (Å²) in [7, 11) is 0. The zero-order valence-electron chi connectivity index (χ0n) is 6.17. The Morgan fingerprint density at radius 3 is 0.867 bits per heavy atom. The number of rotatable bonds is 4. The second-order valence-corrected chi connectivity index (χ2v) is 2.12. The summed E-state index contributed by atoms with van der Waals surface area (Å²) in [6.07, 6.45) is 0. The Kier molecular flexibility index (Phi) is 3.47. The number of hydrogen-bond acceptors (Lipinski definition) is 2. The summed E-state index contributed by atoms with van der Waals surface area (Å²) in [5, 5.41) is -7.16. The largest absolute Gasteiger partial charge is 0.427 e. The molecule has 0 aliphatic carbocycles. The second kappa shape index (κ2) is 3.66. The van der Waals surface area contributed by atoms with Gasteiger partial charge in [0.25, 0.3) is 0 Å². The maximum atomic E-state index is 11.9. The maximum Gasteiger partial charge on any atom is 0.427 e. The van der Waals surface area contributed by atoms with Crippen molar-refractivity contribution in [2.45, 2.75) is 18.0 Å². The van der Waals surface area contributed by atoms with Crippen LogP contribution in [-0.4, -0.2) is 28.7 Å². The van der Waals surface area contributed by atoms with E-state index >= 15 is 0 Å². The van der Waals surface area contributed by atoms with Gasteiger partial charge >= 0.3 is 18.0 Å². The fraction of sp³-hybridized carbons (Fsp3) is 1.00. The molecule has 15 heavy (non-hydrogen) atoms. The molecular formula is C3F10N2. The number of hydrogen-bond donors (Lipinski definition) is 0. The van der Waals surface area contributed by atoms with Crippen molar-refractivity contribution in [2.24, 2.45) is 0 Å². The summed E-state index contributed by atoms with van der Waals surface area (Å²) in [4.78, 5) is 0. The lowest BCUT2D eigenvalue weighted by Crippen LogP contribution is -2.61. The summed E-state index contributed by atoms with van der Waals surface area (Å²) < 4.78 is 115. The van der Waals surface area contributed by atoms with Crippen LogP contribution in [0.5, 0.6) is 0 Å². The highest BCUT2D eigenvalue weighted by Gasteiger charge is 2.79.